The Kier molecular flexibility index (Phi) is 6.80. The van der Waals surface area contributed by atoms with Crippen molar-refractivity contribution in [2.45, 2.75) is 17.9 Å². The fourth-order valence-electron chi connectivity index (χ4n) is 1.44. The summed E-state index contributed by atoms with van der Waals surface area (Å²) in [6, 6.07) is 4.60. The molecule has 0 unspecified atom stereocenters. The number of nitrogens with one attached hydrogen (secondary N) is 2. The molecule has 0 saturated carbocycles. The summed E-state index contributed by atoms with van der Waals surface area (Å²) >= 11 is 0. The van der Waals surface area contributed by atoms with Crippen molar-refractivity contribution >= 4 is 28.0 Å². The zero-order chi connectivity index (χ0) is 18.3. The summed E-state index contributed by atoms with van der Waals surface area (Å²) in [7, 11) is -3.23. The van der Waals surface area contributed by atoms with Crippen molar-refractivity contribution in [3.05, 3.63) is 30.1 Å². The molecule has 0 saturated heterocycles. The predicted octanol–water partition coefficient (Wildman–Crippen LogP) is -0.0817. The number of halogens is 1. The number of ether oxygens (including phenoxy) is 2. The van der Waals surface area contributed by atoms with Crippen molar-refractivity contribution in [3.8, 4) is 0 Å². The number of sulfonamides is 1. The van der Waals surface area contributed by atoms with E-state index in [2.05, 4.69) is 9.47 Å². The SMILES string of the molecule is COC(=O)NC(=O)[C@@H](C)OC(=O)CNS(=O)(=O)c1ccccc1F. The minimum absolute atomic E-state index is 0.630. The first-order chi connectivity index (χ1) is 11.2. The maximum absolute atomic E-state index is 13.4. The van der Waals surface area contributed by atoms with E-state index in [1.54, 1.807) is 5.32 Å². The van der Waals surface area contributed by atoms with E-state index in [9.17, 15) is 27.2 Å². The van der Waals surface area contributed by atoms with Crippen LogP contribution in [-0.2, 0) is 29.1 Å². The molecule has 0 heterocycles. The van der Waals surface area contributed by atoms with Crippen LogP contribution >= 0.6 is 0 Å². The van der Waals surface area contributed by atoms with Crippen LogP contribution in [0.25, 0.3) is 0 Å². The molecule has 24 heavy (non-hydrogen) atoms. The molecular weight excluding hydrogens is 347 g/mol. The number of hydrogen-bond donors (Lipinski definition) is 2. The van der Waals surface area contributed by atoms with E-state index >= 15 is 0 Å². The summed E-state index contributed by atoms with van der Waals surface area (Å²) in [6.45, 7) is 0.341. The highest BCUT2D eigenvalue weighted by molar-refractivity contribution is 7.89. The third-order valence-electron chi connectivity index (χ3n) is 2.62. The van der Waals surface area contributed by atoms with Crippen LogP contribution in [0, 0.1) is 5.82 Å². The van der Waals surface area contributed by atoms with Gasteiger partial charge in [0.2, 0.25) is 10.0 Å². The van der Waals surface area contributed by atoms with Gasteiger partial charge in [0.25, 0.3) is 5.91 Å². The van der Waals surface area contributed by atoms with Gasteiger partial charge in [-0.15, -0.1) is 0 Å². The second kappa shape index (κ2) is 8.36. The maximum atomic E-state index is 13.4. The van der Waals surface area contributed by atoms with Gasteiger partial charge in [-0.2, -0.15) is 4.72 Å². The average Bonchev–Trinajstić information content (AvgIpc) is 2.53. The second-order valence-electron chi connectivity index (χ2n) is 4.37. The van der Waals surface area contributed by atoms with Crippen molar-refractivity contribution in [1.82, 2.24) is 10.0 Å². The minimum Gasteiger partial charge on any atom is -0.453 e. The number of carbonyl (C=O) groups is 3. The summed E-state index contributed by atoms with van der Waals surface area (Å²) in [5.74, 6) is -3.03. The lowest BCUT2D eigenvalue weighted by Gasteiger charge is -2.13. The normalized spacial score (nSPS) is 12.1. The summed E-state index contributed by atoms with van der Waals surface area (Å²) < 4.78 is 47.8. The topological polar surface area (TPSA) is 128 Å². The Morgan fingerprint density at radius 3 is 2.46 bits per heavy atom. The van der Waals surface area contributed by atoms with Crippen molar-refractivity contribution in [3.63, 3.8) is 0 Å². The third-order valence-corrected chi connectivity index (χ3v) is 4.06. The Balaban J connectivity index is 2.58. The summed E-state index contributed by atoms with van der Waals surface area (Å²) in [5.41, 5.74) is 0. The Morgan fingerprint density at radius 1 is 1.25 bits per heavy atom. The largest absolute Gasteiger partial charge is 0.453 e. The first-order valence-corrected chi connectivity index (χ1v) is 7.98. The van der Waals surface area contributed by atoms with Crippen LogP contribution in [0.5, 0.6) is 0 Å². The molecule has 1 rings (SSSR count). The van der Waals surface area contributed by atoms with Crippen molar-refractivity contribution in [2.75, 3.05) is 13.7 Å². The molecule has 0 fully saturated rings. The number of amides is 2. The molecule has 0 aliphatic carbocycles. The van der Waals surface area contributed by atoms with Gasteiger partial charge in [0, 0.05) is 0 Å². The van der Waals surface area contributed by atoms with Gasteiger partial charge < -0.3 is 9.47 Å². The molecule has 0 aliphatic rings. The first-order valence-electron chi connectivity index (χ1n) is 6.50. The zero-order valence-electron chi connectivity index (χ0n) is 12.7. The number of alkyl carbamates (subject to hydrolysis) is 1. The monoisotopic (exact) mass is 362 g/mol. The smallest absolute Gasteiger partial charge is 0.413 e. The maximum Gasteiger partial charge on any atom is 0.413 e. The lowest BCUT2D eigenvalue weighted by Crippen LogP contribution is -2.41. The van der Waals surface area contributed by atoms with Crippen LogP contribution in [-0.4, -0.2) is 46.1 Å². The van der Waals surface area contributed by atoms with Crippen LogP contribution in [0.3, 0.4) is 0 Å². The van der Waals surface area contributed by atoms with E-state index in [1.165, 1.54) is 19.1 Å². The number of esters is 1. The van der Waals surface area contributed by atoms with E-state index in [0.29, 0.717) is 0 Å². The van der Waals surface area contributed by atoms with Gasteiger partial charge in [-0.1, -0.05) is 12.1 Å². The summed E-state index contributed by atoms with van der Waals surface area (Å²) in [5, 5.41) is 1.77. The van der Waals surface area contributed by atoms with E-state index in [0.717, 1.165) is 19.2 Å². The number of imide groups is 1. The van der Waals surface area contributed by atoms with Gasteiger partial charge in [0.1, 0.15) is 17.3 Å². The number of benzene rings is 1. The van der Waals surface area contributed by atoms with Gasteiger partial charge in [0.05, 0.1) is 7.11 Å². The highest BCUT2D eigenvalue weighted by Gasteiger charge is 2.23. The van der Waals surface area contributed by atoms with Gasteiger partial charge >= 0.3 is 12.1 Å². The number of methoxy groups -OCH3 is 1. The highest BCUT2D eigenvalue weighted by atomic mass is 32.2. The van der Waals surface area contributed by atoms with Crippen LogP contribution in [0.15, 0.2) is 29.2 Å². The molecule has 11 heteroatoms. The molecule has 1 atom stereocenters. The van der Waals surface area contributed by atoms with Crippen LogP contribution < -0.4 is 10.0 Å². The molecule has 0 spiro atoms. The van der Waals surface area contributed by atoms with Crippen LogP contribution in [0.1, 0.15) is 6.92 Å². The van der Waals surface area contributed by atoms with Crippen molar-refractivity contribution in [1.29, 1.82) is 0 Å². The quantitative estimate of drug-likeness (QED) is 0.677. The van der Waals surface area contributed by atoms with Crippen molar-refractivity contribution < 1.29 is 36.7 Å². The molecule has 132 valence electrons. The summed E-state index contributed by atoms with van der Waals surface area (Å²) in [4.78, 5) is 33.2. The molecule has 0 aromatic heterocycles. The van der Waals surface area contributed by atoms with E-state index in [1.807, 2.05) is 4.72 Å². The van der Waals surface area contributed by atoms with E-state index < -0.39 is 51.4 Å². The number of carbonyl (C=O) groups excluding carboxylic acids is 3. The van der Waals surface area contributed by atoms with Gasteiger partial charge in [-0.25, -0.2) is 17.6 Å². The second-order valence-corrected chi connectivity index (χ2v) is 6.10. The van der Waals surface area contributed by atoms with Gasteiger partial charge in [-0.3, -0.25) is 14.9 Å². The lowest BCUT2D eigenvalue weighted by atomic mass is 10.4. The minimum atomic E-state index is -4.27. The zero-order valence-corrected chi connectivity index (χ0v) is 13.6. The standard InChI is InChI=1S/C13H15FN2O7S/c1-8(12(18)16-13(19)22-2)23-11(17)7-15-24(20,21)10-6-4-3-5-9(10)14/h3-6,8,15H,7H2,1-2H3,(H,16,18,19)/t8-/m1/s1. The fourth-order valence-corrected chi connectivity index (χ4v) is 2.49. The predicted molar refractivity (Wildman–Crippen MR) is 77.7 cm³/mol. The molecular formula is C13H15FN2O7S. The lowest BCUT2D eigenvalue weighted by molar-refractivity contribution is -0.153. The molecule has 0 aliphatic heterocycles. The van der Waals surface area contributed by atoms with Crippen molar-refractivity contribution in [2.24, 2.45) is 0 Å². The Hall–Kier alpha value is -2.53. The average molecular weight is 362 g/mol. The van der Waals surface area contributed by atoms with Crippen LogP contribution in [0.4, 0.5) is 9.18 Å². The molecule has 1 aromatic rings. The van der Waals surface area contributed by atoms with Crippen LogP contribution in [0.2, 0.25) is 0 Å². The molecule has 1 aromatic carbocycles. The molecule has 0 radical (unpaired) electrons. The number of rotatable bonds is 6. The first kappa shape index (κ1) is 19.5. The molecule has 2 N–H and O–H groups in total. The molecule has 9 nitrogen and oxygen atoms in total. The van der Waals surface area contributed by atoms with Gasteiger partial charge in [0.15, 0.2) is 6.10 Å². The van der Waals surface area contributed by atoms with E-state index in [-0.39, 0.29) is 0 Å². The van der Waals surface area contributed by atoms with Gasteiger partial charge in [-0.05, 0) is 19.1 Å². The fraction of sp³-hybridized carbons (Fsp3) is 0.308. The Morgan fingerprint density at radius 2 is 1.88 bits per heavy atom. The summed E-state index contributed by atoms with van der Waals surface area (Å²) in [6.07, 6.45) is -2.40. The van der Waals surface area contributed by atoms with E-state index in [4.69, 9.17) is 0 Å². The Labute approximate surface area is 137 Å². The Bertz CT molecular complexity index is 736. The third kappa shape index (κ3) is 5.59. The molecule has 2 amide bonds. The number of hydrogen-bond acceptors (Lipinski definition) is 7. The molecule has 0 bridgehead atoms. The highest BCUT2D eigenvalue weighted by Crippen LogP contribution is 2.12.